The van der Waals surface area contributed by atoms with Crippen molar-refractivity contribution in [1.82, 2.24) is 19.4 Å². The van der Waals surface area contributed by atoms with Crippen LogP contribution in [0.3, 0.4) is 0 Å². The van der Waals surface area contributed by atoms with E-state index in [0.717, 1.165) is 0 Å². The minimum atomic E-state index is -4.26. The lowest BCUT2D eigenvalue weighted by Crippen LogP contribution is -2.34. The topological polar surface area (TPSA) is 54.2 Å². The Kier molecular flexibility index (Phi) is 5.51. The maximum absolute atomic E-state index is 12.6. The predicted octanol–water partition coefficient (Wildman–Crippen LogP) is 2.01. The van der Waals surface area contributed by atoms with E-state index in [2.05, 4.69) is 9.97 Å². The first kappa shape index (κ1) is 16.4. The molecule has 0 radical (unpaired) electrons. The molecule has 1 N–H and O–H groups in total. The van der Waals surface area contributed by atoms with Gasteiger partial charge in [-0.1, -0.05) is 6.07 Å². The van der Waals surface area contributed by atoms with Crippen molar-refractivity contribution in [2.45, 2.75) is 19.1 Å². The van der Waals surface area contributed by atoms with E-state index in [4.69, 9.17) is 5.11 Å². The molecule has 0 atom stereocenters. The van der Waals surface area contributed by atoms with E-state index in [-0.39, 0.29) is 19.7 Å². The summed E-state index contributed by atoms with van der Waals surface area (Å²) in [6, 6.07) is 3.47. The van der Waals surface area contributed by atoms with Crippen molar-refractivity contribution in [2.24, 2.45) is 0 Å². The maximum Gasteiger partial charge on any atom is 0.401 e. The van der Waals surface area contributed by atoms with E-state index < -0.39 is 12.7 Å². The molecule has 0 aliphatic heterocycles. The van der Waals surface area contributed by atoms with Gasteiger partial charge in [-0.2, -0.15) is 13.2 Å². The third-order valence-corrected chi connectivity index (χ3v) is 3.02. The van der Waals surface area contributed by atoms with Crippen molar-refractivity contribution in [3.63, 3.8) is 0 Å². The van der Waals surface area contributed by atoms with E-state index in [1.807, 2.05) is 0 Å². The fraction of sp³-hybridized carbons (Fsp3) is 0.429. The highest BCUT2D eigenvalue weighted by Gasteiger charge is 2.30. The fourth-order valence-corrected chi connectivity index (χ4v) is 2.08. The van der Waals surface area contributed by atoms with Crippen LogP contribution in [0.2, 0.25) is 0 Å². The van der Waals surface area contributed by atoms with E-state index in [1.165, 1.54) is 4.90 Å². The molecule has 8 heteroatoms. The smallest absolute Gasteiger partial charge is 0.396 e. The van der Waals surface area contributed by atoms with Crippen LogP contribution in [-0.4, -0.2) is 50.4 Å². The van der Waals surface area contributed by atoms with E-state index >= 15 is 0 Å². The van der Waals surface area contributed by atoms with Crippen LogP contribution in [-0.2, 0) is 6.54 Å². The molecular weight excluding hydrogens is 297 g/mol. The van der Waals surface area contributed by atoms with Crippen molar-refractivity contribution < 1.29 is 18.3 Å². The first-order valence-electron chi connectivity index (χ1n) is 6.81. The van der Waals surface area contributed by atoms with Gasteiger partial charge in [0.2, 0.25) is 0 Å². The molecule has 0 saturated heterocycles. The third kappa shape index (κ3) is 5.12. The van der Waals surface area contributed by atoms with Gasteiger partial charge in [-0.25, -0.2) is 9.97 Å². The predicted molar refractivity (Wildman–Crippen MR) is 74.4 cm³/mol. The molecular formula is C14H17F3N4O. The summed E-state index contributed by atoms with van der Waals surface area (Å²) < 4.78 is 39.4. The van der Waals surface area contributed by atoms with Gasteiger partial charge in [0.15, 0.2) is 0 Å². The second kappa shape index (κ2) is 7.37. The molecule has 0 bridgehead atoms. The van der Waals surface area contributed by atoms with Gasteiger partial charge in [0.1, 0.15) is 12.1 Å². The van der Waals surface area contributed by atoms with Crippen LogP contribution in [0.25, 0.3) is 5.82 Å². The van der Waals surface area contributed by atoms with Gasteiger partial charge in [0.05, 0.1) is 6.54 Å². The molecule has 22 heavy (non-hydrogen) atoms. The molecule has 0 saturated carbocycles. The molecule has 0 fully saturated rings. The summed E-state index contributed by atoms with van der Waals surface area (Å²) in [4.78, 5) is 9.38. The summed E-state index contributed by atoms with van der Waals surface area (Å²) in [6.07, 6.45) is 2.54. The normalized spacial score (nSPS) is 12.0. The van der Waals surface area contributed by atoms with Crippen molar-refractivity contribution in [2.75, 3.05) is 19.7 Å². The zero-order valence-corrected chi connectivity index (χ0v) is 11.9. The van der Waals surface area contributed by atoms with Gasteiger partial charge >= 0.3 is 6.18 Å². The molecule has 0 amide bonds. The highest BCUT2D eigenvalue weighted by molar-refractivity contribution is 5.25. The third-order valence-electron chi connectivity index (χ3n) is 3.02. The number of hydrogen-bond donors (Lipinski definition) is 1. The number of nitrogens with zero attached hydrogens (tertiary/aromatic N) is 4. The van der Waals surface area contributed by atoms with Gasteiger partial charge in [-0.3, -0.25) is 9.47 Å². The Labute approximate surface area is 126 Å². The summed E-state index contributed by atoms with van der Waals surface area (Å²) in [5.41, 5.74) is 0.686. The van der Waals surface area contributed by atoms with Crippen LogP contribution in [0.4, 0.5) is 13.2 Å². The second-order valence-corrected chi connectivity index (χ2v) is 4.90. The number of aliphatic hydroxyl groups excluding tert-OH is 1. The lowest BCUT2D eigenvalue weighted by Gasteiger charge is -2.23. The molecule has 0 aromatic carbocycles. The lowest BCUT2D eigenvalue weighted by atomic mass is 10.2. The highest BCUT2D eigenvalue weighted by Crippen LogP contribution is 2.18. The van der Waals surface area contributed by atoms with Crippen LogP contribution in [0.15, 0.2) is 37.1 Å². The first-order chi connectivity index (χ1) is 10.5. The molecule has 2 aromatic rings. The zero-order chi connectivity index (χ0) is 16.0. The van der Waals surface area contributed by atoms with Gasteiger partial charge in [-0.15, -0.1) is 0 Å². The summed E-state index contributed by atoms with van der Waals surface area (Å²) in [5.74, 6) is 0.652. The Bertz CT molecular complexity index is 554. The Morgan fingerprint density at radius 2 is 2.09 bits per heavy atom. The molecule has 2 rings (SSSR count). The molecule has 2 heterocycles. The molecule has 0 aliphatic carbocycles. The number of rotatable bonds is 7. The maximum atomic E-state index is 12.6. The van der Waals surface area contributed by atoms with E-state index in [0.29, 0.717) is 17.8 Å². The van der Waals surface area contributed by atoms with Crippen LogP contribution in [0, 0.1) is 0 Å². The molecule has 0 spiro atoms. The second-order valence-electron chi connectivity index (χ2n) is 4.90. The number of halogens is 3. The molecule has 120 valence electrons. The Balaban J connectivity index is 2.02. The Morgan fingerprint density at radius 3 is 2.64 bits per heavy atom. The van der Waals surface area contributed by atoms with Crippen molar-refractivity contribution in [3.05, 3.63) is 42.6 Å². The minimum absolute atomic E-state index is 0.133. The summed E-state index contributed by atoms with van der Waals surface area (Å²) in [7, 11) is 0. The molecule has 5 nitrogen and oxygen atoms in total. The molecule has 0 aliphatic rings. The van der Waals surface area contributed by atoms with Gasteiger partial charge in [0.25, 0.3) is 0 Å². The number of imidazole rings is 1. The monoisotopic (exact) mass is 314 g/mol. The van der Waals surface area contributed by atoms with Gasteiger partial charge in [0, 0.05) is 38.3 Å². The fourth-order valence-electron chi connectivity index (χ4n) is 2.08. The number of alkyl halides is 3. The number of aliphatic hydroxyl groups is 1. The lowest BCUT2D eigenvalue weighted by molar-refractivity contribution is -0.147. The summed E-state index contributed by atoms with van der Waals surface area (Å²) in [6.45, 7) is -0.821. The van der Waals surface area contributed by atoms with Crippen molar-refractivity contribution in [3.8, 4) is 5.82 Å². The average Bonchev–Trinajstić information content (AvgIpc) is 2.98. The van der Waals surface area contributed by atoms with E-state index in [9.17, 15) is 13.2 Å². The zero-order valence-electron chi connectivity index (χ0n) is 11.9. The van der Waals surface area contributed by atoms with Crippen LogP contribution in [0.5, 0.6) is 0 Å². The van der Waals surface area contributed by atoms with Gasteiger partial charge in [-0.05, 0) is 18.1 Å². The standard InChI is InChI=1S/C14H17F3N4O/c15-14(16,17)10-20(5-1-7-22)9-12-2-3-13(19-8-12)21-6-4-18-11-21/h2-4,6,8,11,22H,1,5,7,9-10H2. The van der Waals surface area contributed by atoms with Crippen LogP contribution < -0.4 is 0 Å². The van der Waals surface area contributed by atoms with Crippen molar-refractivity contribution in [1.29, 1.82) is 0 Å². The SMILES string of the molecule is OCCCN(Cc1ccc(-n2ccnc2)nc1)CC(F)(F)F. The number of pyridine rings is 1. The van der Waals surface area contributed by atoms with Crippen LogP contribution >= 0.6 is 0 Å². The molecule has 0 unspecified atom stereocenters. The molecule has 2 aromatic heterocycles. The number of hydrogen-bond acceptors (Lipinski definition) is 4. The Hall–Kier alpha value is -1.93. The van der Waals surface area contributed by atoms with Gasteiger partial charge < -0.3 is 5.11 Å². The minimum Gasteiger partial charge on any atom is -0.396 e. The number of aromatic nitrogens is 3. The largest absolute Gasteiger partial charge is 0.401 e. The summed E-state index contributed by atoms with van der Waals surface area (Å²) >= 11 is 0. The first-order valence-corrected chi connectivity index (χ1v) is 6.81. The quantitative estimate of drug-likeness (QED) is 0.849. The van der Waals surface area contributed by atoms with Crippen molar-refractivity contribution >= 4 is 0 Å². The van der Waals surface area contributed by atoms with E-state index in [1.54, 1.807) is 41.6 Å². The summed E-state index contributed by atoms with van der Waals surface area (Å²) in [5, 5.41) is 8.79. The van der Waals surface area contributed by atoms with Crippen LogP contribution in [0.1, 0.15) is 12.0 Å². The highest BCUT2D eigenvalue weighted by atomic mass is 19.4. The Morgan fingerprint density at radius 1 is 1.27 bits per heavy atom. The average molecular weight is 314 g/mol.